The molecule has 1 aromatic carbocycles. The van der Waals surface area contributed by atoms with Gasteiger partial charge in [-0.05, 0) is 23.6 Å². The van der Waals surface area contributed by atoms with E-state index in [-0.39, 0.29) is 11.8 Å². The van der Waals surface area contributed by atoms with E-state index in [1.165, 1.54) is 0 Å². The fourth-order valence-corrected chi connectivity index (χ4v) is 2.71. The van der Waals surface area contributed by atoms with Gasteiger partial charge in [-0.25, -0.2) is 0 Å². The van der Waals surface area contributed by atoms with Crippen LogP contribution in [0.5, 0.6) is 5.75 Å². The summed E-state index contributed by atoms with van der Waals surface area (Å²) < 4.78 is 5.12. The Morgan fingerprint density at radius 3 is 2.00 bits per heavy atom. The molecule has 0 saturated carbocycles. The van der Waals surface area contributed by atoms with E-state index in [9.17, 15) is 9.59 Å². The number of carbonyl (C=O) groups is 2. The predicted molar refractivity (Wildman–Crippen MR) is 89.3 cm³/mol. The van der Waals surface area contributed by atoms with Crippen molar-refractivity contribution in [2.75, 3.05) is 33.3 Å². The Labute approximate surface area is 138 Å². The van der Waals surface area contributed by atoms with Crippen molar-refractivity contribution in [3.05, 3.63) is 29.8 Å². The molecule has 0 radical (unpaired) electrons. The van der Waals surface area contributed by atoms with Crippen LogP contribution in [0.2, 0.25) is 0 Å². The van der Waals surface area contributed by atoms with Crippen molar-refractivity contribution in [1.29, 1.82) is 0 Å². The van der Waals surface area contributed by atoms with E-state index < -0.39 is 0 Å². The van der Waals surface area contributed by atoms with Gasteiger partial charge in [0.15, 0.2) is 0 Å². The minimum Gasteiger partial charge on any atom is -0.497 e. The summed E-state index contributed by atoms with van der Waals surface area (Å²) in [5.74, 6) is 1.48. The summed E-state index contributed by atoms with van der Waals surface area (Å²) >= 11 is 0. The minimum absolute atomic E-state index is 0.117. The van der Waals surface area contributed by atoms with Crippen molar-refractivity contribution in [2.24, 2.45) is 5.92 Å². The molecule has 0 atom stereocenters. The molecule has 0 spiro atoms. The molecule has 0 unspecified atom stereocenters. The molecule has 2 rings (SSSR count). The average Bonchev–Trinajstić information content (AvgIpc) is 2.55. The summed E-state index contributed by atoms with van der Waals surface area (Å²) in [5.41, 5.74) is 0.981. The monoisotopic (exact) mass is 318 g/mol. The maximum Gasteiger partial charge on any atom is 0.227 e. The van der Waals surface area contributed by atoms with Crippen LogP contribution in [0, 0.1) is 5.92 Å². The Balaban J connectivity index is 1.82. The van der Waals surface area contributed by atoms with Crippen molar-refractivity contribution in [2.45, 2.75) is 26.7 Å². The van der Waals surface area contributed by atoms with E-state index in [1.54, 1.807) is 7.11 Å². The lowest BCUT2D eigenvalue weighted by Gasteiger charge is -2.35. The highest BCUT2D eigenvalue weighted by Gasteiger charge is 2.24. The van der Waals surface area contributed by atoms with Crippen molar-refractivity contribution >= 4 is 11.8 Å². The van der Waals surface area contributed by atoms with E-state index in [0.717, 1.165) is 11.3 Å². The molecular formula is C18H26N2O3. The van der Waals surface area contributed by atoms with Crippen LogP contribution < -0.4 is 4.74 Å². The smallest absolute Gasteiger partial charge is 0.227 e. The van der Waals surface area contributed by atoms with E-state index in [2.05, 4.69) is 0 Å². The predicted octanol–water partition coefficient (Wildman–Crippen LogP) is 1.95. The number of benzene rings is 1. The van der Waals surface area contributed by atoms with Crippen LogP contribution >= 0.6 is 0 Å². The lowest BCUT2D eigenvalue weighted by Crippen LogP contribution is -2.51. The van der Waals surface area contributed by atoms with E-state index in [4.69, 9.17) is 4.74 Å². The number of methoxy groups -OCH3 is 1. The molecule has 126 valence electrons. The molecule has 1 saturated heterocycles. The van der Waals surface area contributed by atoms with E-state index in [0.29, 0.717) is 44.9 Å². The molecule has 1 fully saturated rings. The van der Waals surface area contributed by atoms with Gasteiger partial charge in [-0.15, -0.1) is 0 Å². The first-order chi connectivity index (χ1) is 11.0. The Hall–Kier alpha value is -2.04. The summed E-state index contributed by atoms with van der Waals surface area (Å²) in [7, 11) is 1.63. The molecule has 0 bridgehead atoms. The van der Waals surface area contributed by atoms with Gasteiger partial charge in [0.1, 0.15) is 5.75 Å². The molecular weight excluding hydrogens is 292 g/mol. The fourth-order valence-electron chi connectivity index (χ4n) is 2.71. The van der Waals surface area contributed by atoms with Gasteiger partial charge in [0.2, 0.25) is 11.8 Å². The number of amides is 2. The van der Waals surface area contributed by atoms with Gasteiger partial charge in [-0.1, -0.05) is 26.0 Å². The molecule has 1 aliphatic rings. The molecule has 0 aliphatic carbocycles. The number of nitrogens with zero attached hydrogens (tertiary/aromatic N) is 2. The lowest BCUT2D eigenvalue weighted by molar-refractivity contribution is -0.139. The van der Waals surface area contributed by atoms with Gasteiger partial charge in [-0.3, -0.25) is 9.59 Å². The minimum atomic E-state index is 0.117. The first-order valence-electron chi connectivity index (χ1n) is 8.18. The molecule has 5 heteroatoms. The first-order valence-corrected chi connectivity index (χ1v) is 8.18. The average molecular weight is 318 g/mol. The second kappa shape index (κ2) is 7.99. The number of hydrogen-bond acceptors (Lipinski definition) is 3. The number of rotatable bonds is 5. The summed E-state index contributed by atoms with van der Waals surface area (Å²) in [6.07, 6.45) is 0.976. The van der Waals surface area contributed by atoms with Gasteiger partial charge in [0, 0.05) is 32.6 Å². The van der Waals surface area contributed by atoms with Crippen molar-refractivity contribution < 1.29 is 14.3 Å². The van der Waals surface area contributed by atoms with Crippen LogP contribution in [-0.4, -0.2) is 54.9 Å². The molecule has 23 heavy (non-hydrogen) atoms. The number of carbonyl (C=O) groups excluding carboxylic acids is 2. The Bertz CT molecular complexity index is 532. The summed E-state index contributed by atoms with van der Waals surface area (Å²) in [6.45, 7) is 6.62. The zero-order valence-electron chi connectivity index (χ0n) is 14.2. The largest absolute Gasteiger partial charge is 0.497 e. The standard InChI is InChI=1S/C18H26N2O3/c1-14(2)12-17(21)19-8-10-20(11-9-19)18(22)13-15-4-6-16(23-3)7-5-15/h4-7,14H,8-13H2,1-3H3. The van der Waals surface area contributed by atoms with Gasteiger partial charge in [-0.2, -0.15) is 0 Å². The zero-order valence-corrected chi connectivity index (χ0v) is 14.2. The Kier molecular flexibility index (Phi) is 6.02. The van der Waals surface area contributed by atoms with E-state index in [1.807, 2.05) is 47.9 Å². The van der Waals surface area contributed by atoms with Gasteiger partial charge < -0.3 is 14.5 Å². The van der Waals surface area contributed by atoms with Gasteiger partial charge >= 0.3 is 0 Å². The van der Waals surface area contributed by atoms with Crippen LogP contribution in [0.15, 0.2) is 24.3 Å². The molecule has 0 N–H and O–H groups in total. The Morgan fingerprint density at radius 1 is 1.00 bits per heavy atom. The van der Waals surface area contributed by atoms with Crippen LogP contribution in [-0.2, 0) is 16.0 Å². The summed E-state index contributed by atoms with van der Waals surface area (Å²) in [6, 6.07) is 7.56. The molecule has 1 heterocycles. The second-order valence-electron chi connectivity index (χ2n) is 6.38. The number of ether oxygens (including phenoxy) is 1. The number of piperazine rings is 1. The highest BCUT2D eigenvalue weighted by atomic mass is 16.5. The quantitative estimate of drug-likeness (QED) is 0.834. The molecule has 0 aromatic heterocycles. The highest BCUT2D eigenvalue weighted by molar-refractivity contribution is 5.80. The third-order valence-electron chi connectivity index (χ3n) is 4.08. The highest BCUT2D eigenvalue weighted by Crippen LogP contribution is 2.14. The maximum atomic E-state index is 12.4. The topological polar surface area (TPSA) is 49.9 Å². The van der Waals surface area contributed by atoms with Crippen molar-refractivity contribution in [3.63, 3.8) is 0 Å². The van der Waals surface area contributed by atoms with Gasteiger partial charge in [0.25, 0.3) is 0 Å². The van der Waals surface area contributed by atoms with Crippen molar-refractivity contribution in [1.82, 2.24) is 9.80 Å². The third-order valence-corrected chi connectivity index (χ3v) is 4.08. The summed E-state index contributed by atoms with van der Waals surface area (Å²) in [5, 5.41) is 0. The second-order valence-corrected chi connectivity index (χ2v) is 6.38. The SMILES string of the molecule is COc1ccc(CC(=O)N2CCN(C(=O)CC(C)C)CC2)cc1. The number of hydrogen-bond donors (Lipinski definition) is 0. The van der Waals surface area contributed by atoms with Gasteiger partial charge in [0.05, 0.1) is 13.5 Å². The zero-order chi connectivity index (χ0) is 16.8. The summed E-state index contributed by atoms with van der Waals surface area (Å²) in [4.78, 5) is 28.1. The van der Waals surface area contributed by atoms with Crippen LogP contribution in [0.1, 0.15) is 25.8 Å². The molecule has 1 aliphatic heterocycles. The molecule has 1 aromatic rings. The third kappa shape index (κ3) is 4.98. The normalized spacial score (nSPS) is 15.0. The maximum absolute atomic E-state index is 12.4. The Morgan fingerprint density at radius 2 is 1.52 bits per heavy atom. The van der Waals surface area contributed by atoms with Crippen LogP contribution in [0.3, 0.4) is 0 Å². The van der Waals surface area contributed by atoms with Crippen molar-refractivity contribution in [3.8, 4) is 5.75 Å². The molecule has 5 nitrogen and oxygen atoms in total. The first kappa shape index (κ1) is 17.3. The fraction of sp³-hybridized carbons (Fsp3) is 0.556. The van der Waals surface area contributed by atoms with Crippen LogP contribution in [0.4, 0.5) is 0 Å². The lowest BCUT2D eigenvalue weighted by atomic mass is 10.1. The van der Waals surface area contributed by atoms with Crippen LogP contribution in [0.25, 0.3) is 0 Å². The van der Waals surface area contributed by atoms with E-state index >= 15 is 0 Å². The molecule has 2 amide bonds.